The van der Waals surface area contributed by atoms with Gasteiger partial charge in [0.15, 0.2) is 5.82 Å². The summed E-state index contributed by atoms with van der Waals surface area (Å²) >= 11 is 0. The van der Waals surface area contributed by atoms with E-state index in [1.807, 2.05) is 0 Å². The maximum absolute atomic E-state index is 11.5. The molecule has 0 radical (unpaired) electrons. The van der Waals surface area contributed by atoms with Crippen LogP contribution >= 0.6 is 0 Å². The number of methoxy groups -OCH3 is 1. The number of nitrogens with two attached hydrogens (primary N) is 1. The Morgan fingerprint density at radius 1 is 1.44 bits per heavy atom. The van der Waals surface area contributed by atoms with Crippen molar-refractivity contribution < 1.29 is 9.53 Å². The number of carbonyl (C=O) groups excluding carboxylic acids is 1. The van der Waals surface area contributed by atoms with Gasteiger partial charge in [0.1, 0.15) is 11.4 Å². The Labute approximate surface area is 104 Å². The molecule has 0 aliphatic carbocycles. The molecule has 0 saturated heterocycles. The zero-order valence-corrected chi connectivity index (χ0v) is 10.3. The highest BCUT2D eigenvalue weighted by Crippen LogP contribution is 2.20. The largest absolute Gasteiger partial charge is 0.465 e. The normalized spacial score (nSPS) is 10.4. The van der Waals surface area contributed by atoms with Crippen LogP contribution in [-0.4, -0.2) is 32.8 Å². The molecule has 2 aromatic rings. The summed E-state index contributed by atoms with van der Waals surface area (Å²) in [6.07, 6.45) is 3.40. The summed E-state index contributed by atoms with van der Waals surface area (Å²) in [6.45, 7) is 1.68. The molecule has 7 heteroatoms. The Hall–Kier alpha value is -2.44. The highest BCUT2D eigenvalue weighted by Gasteiger charge is 2.18. The molecule has 94 valence electrons. The van der Waals surface area contributed by atoms with Crippen LogP contribution in [0, 0.1) is 6.92 Å². The Bertz CT molecular complexity index is 582. The van der Waals surface area contributed by atoms with Crippen LogP contribution in [0.25, 0.3) is 11.4 Å². The summed E-state index contributed by atoms with van der Waals surface area (Å²) in [5, 5.41) is 4.03. The second-order valence-electron chi connectivity index (χ2n) is 3.79. The van der Waals surface area contributed by atoms with E-state index in [-0.39, 0.29) is 11.4 Å². The van der Waals surface area contributed by atoms with E-state index in [0.717, 1.165) is 5.56 Å². The number of esters is 1. The molecule has 0 bridgehead atoms. The van der Waals surface area contributed by atoms with Gasteiger partial charge in [0.25, 0.3) is 0 Å². The van der Waals surface area contributed by atoms with E-state index >= 15 is 0 Å². The highest BCUT2D eigenvalue weighted by molar-refractivity contribution is 5.95. The molecule has 0 fully saturated rings. The van der Waals surface area contributed by atoms with Gasteiger partial charge in [-0.1, -0.05) is 0 Å². The van der Waals surface area contributed by atoms with Gasteiger partial charge in [0, 0.05) is 13.2 Å². The number of carbonyl (C=O) groups is 1. The van der Waals surface area contributed by atoms with Crippen LogP contribution in [0.1, 0.15) is 16.1 Å². The molecule has 0 amide bonds. The van der Waals surface area contributed by atoms with Gasteiger partial charge in [-0.2, -0.15) is 5.10 Å². The van der Waals surface area contributed by atoms with Crippen molar-refractivity contribution in [2.24, 2.45) is 7.05 Å². The van der Waals surface area contributed by atoms with Gasteiger partial charge < -0.3 is 10.5 Å². The lowest BCUT2D eigenvalue weighted by atomic mass is 10.2. The minimum absolute atomic E-state index is 0.105. The van der Waals surface area contributed by atoms with E-state index in [2.05, 4.69) is 19.8 Å². The second-order valence-corrected chi connectivity index (χ2v) is 3.79. The summed E-state index contributed by atoms with van der Waals surface area (Å²) in [4.78, 5) is 19.8. The van der Waals surface area contributed by atoms with Crippen LogP contribution in [0.15, 0.2) is 12.4 Å². The van der Waals surface area contributed by atoms with Crippen molar-refractivity contribution in [1.82, 2.24) is 19.7 Å². The Morgan fingerprint density at radius 3 is 2.67 bits per heavy atom. The lowest BCUT2D eigenvalue weighted by Crippen LogP contribution is -2.12. The van der Waals surface area contributed by atoms with Gasteiger partial charge >= 0.3 is 5.97 Å². The van der Waals surface area contributed by atoms with E-state index < -0.39 is 5.97 Å². The Kier molecular flexibility index (Phi) is 2.97. The van der Waals surface area contributed by atoms with Crippen molar-refractivity contribution in [1.29, 1.82) is 0 Å². The maximum Gasteiger partial charge on any atom is 0.343 e. The third kappa shape index (κ3) is 2.02. The van der Waals surface area contributed by atoms with Crippen molar-refractivity contribution in [3.8, 4) is 11.4 Å². The number of aryl methyl sites for hydroxylation is 2. The summed E-state index contributed by atoms with van der Waals surface area (Å²) in [5.74, 6) is 0.00157. The first kappa shape index (κ1) is 12.0. The van der Waals surface area contributed by atoms with E-state index in [1.54, 1.807) is 31.0 Å². The van der Waals surface area contributed by atoms with E-state index in [9.17, 15) is 4.79 Å². The molecule has 0 unspecified atom stereocenters. The van der Waals surface area contributed by atoms with Gasteiger partial charge in [-0.05, 0) is 6.92 Å². The number of hydrogen-bond donors (Lipinski definition) is 1. The number of nitrogen functional groups attached to an aromatic ring is 1. The maximum atomic E-state index is 11.5. The minimum atomic E-state index is -0.539. The van der Waals surface area contributed by atoms with Gasteiger partial charge in [-0.15, -0.1) is 0 Å². The summed E-state index contributed by atoms with van der Waals surface area (Å²) < 4.78 is 6.27. The lowest BCUT2D eigenvalue weighted by molar-refractivity contribution is 0.0600. The van der Waals surface area contributed by atoms with Crippen molar-refractivity contribution in [2.45, 2.75) is 6.92 Å². The van der Waals surface area contributed by atoms with Crippen LogP contribution in [0.4, 0.5) is 5.82 Å². The molecule has 0 aliphatic heterocycles. The number of ether oxygens (including phenoxy) is 1. The van der Waals surface area contributed by atoms with E-state index in [1.165, 1.54) is 7.11 Å². The third-order valence-corrected chi connectivity index (χ3v) is 2.47. The van der Waals surface area contributed by atoms with Crippen LogP contribution in [0.5, 0.6) is 0 Å². The molecule has 2 heterocycles. The SMILES string of the molecule is COC(=O)c1c(C)nc(-c2cnn(C)c2)nc1N. The summed E-state index contributed by atoms with van der Waals surface area (Å²) in [5.41, 5.74) is 7.18. The average Bonchev–Trinajstić information content (AvgIpc) is 2.74. The molecular formula is C11H13N5O2. The van der Waals surface area contributed by atoms with Gasteiger partial charge in [0.05, 0.1) is 24.6 Å². The standard InChI is InChI=1S/C11H13N5O2/c1-6-8(11(17)18-3)9(12)15-10(14-6)7-4-13-16(2)5-7/h4-5H,1-3H3,(H2,12,14,15). The smallest absolute Gasteiger partial charge is 0.343 e. The molecule has 0 aromatic carbocycles. The van der Waals surface area contributed by atoms with Gasteiger partial charge in [-0.3, -0.25) is 4.68 Å². The molecule has 2 N–H and O–H groups in total. The number of nitrogens with zero attached hydrogens (tertiary/aromatic N) is 4. The lowest BCUT2D eigenvalue weighted by Gasteiger charge is -2.07. The van der Waals surface area contributed by atoms with Crippen molar-refractivity contribution >= 4 is 11.8 Å². The van der Waals surface area contributed by atoms with Crippen molar-refractivity contribution in [3.63, 3.8) is 0 Å². The first-order chi connectivity index (χ1) is 8.52. The third-order valence-electron chi connectivity index (χ3n) is 2.47. The zero-order chi connectivity index (χ0) is 13.3. The minimum Gasteiger partial charge on any atom is -0.465 e. The second kappa shape index (κ2) is 4.44. The Balaban J connectivity index is 2.52. The fourth-order valence-electron chi connectivity index (χ4n) is 1.62. The first-order valence-electron chi connectivity index (χ1n) is 5.24. The molecule has 2 rings (SSSR count). The average molecular weight is 247 g/mol. The molecule has 7 nitrogen and oxygen atoms in total. The fourth-order valence-corrected chi connectivity index (χ4v) is 1.62. The van der Waals surface area contributed by atoms with Gasteiger partial charge in [0.2, 0.25) is 0 Å². The number of rotatable bonds is 2. The number of hydrogen-bond acceptors (Lipinski definition) is 6. The van der Waals surface area contributed by atoms with Gasteiger partial charge in [-0.25, -0.2) is 14.8 Å². The summed E-state index contributed by atoms with van der Waals surface area (Å²) in [7, 11) is 3.08. The zero-order valence-electron chi connectivity index (χ0n) is 10.3. The van der Waals surface area contributed by atoms with Crippen molar-refractivity contribution in [2.75, 3.05) is 12.8 Å². The predicted molar refractivity (Wildman–Crippen MR) is 64.7 cm³/mol. The molecule has 0 spiro atoms. The van der Waals surface area contributed by atoms with Crippen LogP contribution in [0.3, 0.4) is 0 Å². The van der Waals surface area contributed by atoms with Crippen LogP contribution in [0.2, 0.25) is 0 Å². The summed E-state index contributed by atoms with van der Waals surface area (Å²) in [6, 6.07) is 0. The number of aromatic nitrogens is 4. The monoisotopic (exact) mass is 247 g/mol. The molecule has 0 saturated carbocycles. The van der Waals surface area contributed by atoms with E-state index in [4.69, 9.17) is 5.73 Å². The predicted octanol–water partition coefficient (Wildman–Crippen LogP) is 0.554. The quantitative estimate of drug-likeness (QED) is 0.779. The molecule has 18 heavy (non-hydrogen) atoms. The fraction of sp³-hybridized carbons (Fsp3) is 0.273. The molecule has 2 aromatic heterocycles. The topological polar surface area (TPSA) is 95.9 Å². The molecular weight excluding hydrogens is 234 g/mol. The van der Waals surface area contributed by atoms with Crippen LogP contribution in [-0.2, 0) is 11.8 Å². The van der Waals surface area contributed by atoms with E-state index in [0.29, 0.717) is 11.5 Å². The molecule has 0 aliphatic rings. The van der Waals surface area contributed by atoms with Crippen LogP contribution < -0.4 is 5.73 Å². The van der Waals surface area contributed by atoms with Crippen molar-refractivity contribution in [3.05, 3.63) is 23.7 Å². The Morgan fingerprint density at radius 2 is 2.17 bits per heavy atom. The number of anilines is 1. The highest BCUT2D eigenvalue weighted by atomic mass is 16.5. The molecule has 0 atom stereocenters. The first-order valence-corrected chi connectivity index (χ1v) is 5.24.